The van der Waals surface area contributed by atoms with Crippen LogP contribution in [0.2, 0.25) is 0 Å². The van der Waals surface area contributed by atoms with Gasteiger partial charge in [0.2, 0.25) is 0 Å². The molecule has 0 unspecified atom stereocenters. The van der Waals surface area contributed by atoms with Crippen molar-refractivity contribution in [1.29, 1.82) is 0 Å². The predicted molar refractivity (Wildman–Crippen MR) is 143 cm³/mol. The fourth-order valence-electron chi connectivity index (χ4n) is 5.87. The molecule has 37 heavy (non-hydrogen) atoms. The van der Waals surface area contributed by atoms with Crippen LogP contribution in [0.5, 0.6) is 0 Å². The Morgan fingerprint density at radius 2 is 1.68 bits per heavy atom. The Morgan fingerprint density at radius 3 is 2.41 bits per heavy atom. The highest BCUT2D eigenvalue weighted by Gasteiger charge is 2.57. The van der Waals surface area contributed by atoms with E-state index in [2.05, 4.69) is 82.2 Å². The second-order valence-electron chi connectivity index (χ2n) is 10.3. The maximum atomic E-state index is 6.75. The third-order valence-corrected chi connectivity index (χ3v) is 7.72. The molecule has 1 saturated heterocycles. The number of nitrogens with zero attached hydrogens (tertiary/aromatic N) is 4. The minimum Gasteiger partial charge on any atom is -0.347 e. The van der Waals surface area contributed by atoms with Gasteiger partial charge in [0.25, 0.3) is 0 Å². The molecule has 7 rings (SSSR count). The van der Waals surface area contributed by atoms with Crippen LogP contribution in [0.15, 0.2) is 72.9 Å². The van der Waals surface area contributed by atoms with Gasteiger partial charge in [0.05, 0.1) is 30.0 Å². The van der Waals surface area contributed by atoms with Gasteiger partial charge in [0, 0.05) is 42.0 Å². The molecule has 3 aromatic heterocycles. The third kappa shape index (κ3) is 3.65. The predicted octanol–water partition coefficient (Wildman–Crippen LogP) is 5.25. The van der Waals surface area contributed by atoms with Gasteiger partial charge in [-0.15, -0.1) is 10.2 Å². The molecule has 2 N–H and O–H groups in total. The van der Waals surface area contributed by atoms with Crippen LogP contribution in [0.25, 0.3) is 38.9 Å². The minimum absolute atomic E-state index is 0.433. The van der Waals surface area contributed by atoms with Crippen molar-refractivity contribution >= 4 is 16.6 Å². The SMILES string of the molecule is CCCc1nnc2c3cc(-c4ccccc4)c(-c4ccc(C5(N)CC6(C5)OCCO6)cc4)nc3ccn12. The summed E-state index contributed by atoms with van der Waals surface area (Å²) in [5.74, 6) is 0.486. The van der Waals surface area contributed by atoms with Crippen LogP contribution in [0.1, 0.15) is 37.6 Å². The molecule has 1 spiro atoms. The summed E-state index contributed by atoms with van der Waals surface area (Å²) < 4.78 is 13.7. The van der Waals surface area contributed by atoms with Gasteiger partial charge >= 0.3 is 0 Å². The molecule has 0 bridgehead atoms. The highest BCUT2D eigenvalue weighted by molar-refractivity contribution is 5.98. The Labute approximate surface area is 215 Å². The van der Waals surface area contributed by atoms with E-state index in [1.165, 1.54) is 0 Å². The molecule has 1 saturated carbocycles. The summed E-state index contributed by atoms with van der Waals surface area (Å²) in [4.78, 5) is 5.16. The molecule has 4 heterocycles. The van der Waals surface area contributed by atoms with Gasteiger partial charge < -0.3 is 15.2 Å². The average Bonchev–Trinajstić information content (AvgIpc) is 3.56. The van der Waals surface area contributed by atoms with Gasteiger partial charge in [-0.25, -0.2) is 4.98 Å². The van der Waals surface area contributed by atoms with Gasteiger partial charge in [-0.2, -0.15) is 0 Å². The summed E-state index contributed by atoms with van der Waals surface area (Å²) in [6.45, 7) is 3.44. The first-order valence-electron chi connectivity index (χ1n) is 13.0. The van der Waals surface area contributed by atoms with Crippen LogP contribution in [-0.2, 0) is 21.4 Å². The topological polar surface area (TPSA) is 87.6 Å². The van der Waals surface area contributed by atoms with Crippen molar-refractivity contribution in [3.63, 3.8) is 0 Å². The van der Waals surface area contributed by atoms with Crippen molar-refractivity contribution in [3.8, 4) is 22.4 Å². The second kappa shape index (κ2) is 8.45. The van der Waals surface area contributed by atoms with Crippen molar-refractivity contribution in [2.45, 2.75) is 43.9 Å². The standard InChI is InChI=1S/C30H29N5O2/c1-2-6-26-33-34-28-24-17-23(20-7-4-3-5-8-20)27(32-25(24)13-14-35(26)28)21-9-11-22(12-10-21)29(31)18-30(19-29)36-15-16-37-30/h3-5,7-14,17H,2,6,15-16,18-19,31H2,1H3. The monoisotopic (exact) mass is 491 g/mol. The van der Waals surface area contributed by atoms with Gasteiger partial charge in [0.15, 0.2) is 11.4 Å². The second-order valence-corrected chi connectivity index (χ2v) is 10.3. The van der Waals surface area contributed by atoms with Crippen LogP contribution in [-0.4, -0.2) is 38.6 Å². The zero-order valence-electron chi connectivity index (χ0n) is 20.9. The van der Waals surface area contributed by atoms with Gasteiger partial charge in [-0.05, 0) is 29.7 Å². The highest BCUT2D eigenvalue weighted by atomic mass is 16.7. The number of nitrogens with two attached hydrogens (primary N) is 1. The Balaban J connectivity index is 1.32. The van der Waals surface area contributed by atoms with E-state index in [0.29, 0.717) is 26.1 Å². The Bertz CT molecular complexity index is 1600. The van der Waals surface area contributed by atoms with Crippen molar-refractivity contribution in [3.05, 3.63) is 84.3 Å². The summed E-state index contributed by atoms with van der Waals surface area (Å²) in [7, 11) is 0. The van der Waals surface area contributed by atoms with E-state index in [0.717, 1.165) is 63.2 Å². The van der Waals surface area contributed by atoms with E-state index in [-0.39, 0.29) is 0 Å². The average molecular weight is 492 g/mol. The molecule has 0 atom stereocenters. The molecule has 5 aromatic rings. The van der Waals surface area contributed by atoms with Crippen molar-refractivity contribution in [1.82, 2.24) is 19.6 Å². The largest absolute Gasteiger partial charge is 0.347 e. The fraction of sp³-hybridized carbons (Fsp3) is 0.300. The van der Waals surface area contributed by atoms with Crippen molar-refractivity contribution in [2.75, 3.05) is 13.2 Å². The first-order valence-corrected chi connectivity index (χ1v) is 13.0. The molecule has 186 valence electrons. The maximum Gasteiger partial charge on any atom is 0.172 e. The van der Waals surface area contributed by atoms with E-state index in [1.54, 1.807) is 0 Å². The first-order chi connectivity index (χ1) is 18.1. The Morgan fingerprint density at radius 1 is 0.919 bits per heavy atom. The quantitative estimate of drug-likeness (QED) is 0.361. The molecule has 7 nitrogen and oxygen atoms in total. The fourth-order valence-corrected chi connectivity index (χ4v) is 5.87. The van der Waals surface area contributed by atoms with E-state index < -0.39 is 11.3 Å². The van der Waals surface area contributed by atoms with Crippen LogP contribution < -0.4 is 5.73 Å². The molecule has 0 radical (unpaired) electrons. The summed E-state index contributed by atoms with van der Waals surface area (Å²) in [6.07, 6.45) is 5.29. The first kappa shape index (κ1) is 22.5. The number of fused-ring (bicyclic) bond motifs is 3. The smallest absolute Gasteiger partial charge is 0.172 e. The molecule has 0 amide bonds. The van der Waals surface area contributed by atoms with E-state index in [9.17, 15) is 0 Å². The number of ether oxygens (including phenoxy) is 2. The van der Waals surface area contributed by atoms with Crippen LogP contribution >= 0.6 is 0 Å². The zero-order valence-corrected chi connectivity index (χ0v) is 20.9. The molecule has 2 aromatic carbocycles. The molecule has 1 aliphatic carbocycles. The lowest BCUT2D eigenvalue weighted by Crippen LogP contribution is -2.60. The summed E-state index contributed by atoms with van der Waals surface area (Å²) in [6, 6.07) is 23.1. The lowest BCUT2D eigenvalue weighted by molar-refractivity contribution is -0.239. The number of aromatic nitrogens is 4. The number of hydrogen-bond donors (Lipinski definition) is 1. The minimum atomic E-state index is -0.488. The Kier molecular flexibility index (Phi) is 5.15. The summed E-state index contributed by atoms with van der Waals surface area (Å²) in [5.41, 5.74) is 13.3. The van der Waals surface area contributed by atoms with Gasteiger partial charge in [-0.3, -0.25) is 4.40 Å². The van der Waals surface area contributed by atoms with E-state index >= 15 is 0 Å². The molecule has 1 aliphatic heterocycles. The van der Waals surface area contributed by atoms with E-state index in [4.69, 9.17) is 20.2 Å². The van der Waals surface area contributed by atoms with Crippen LogP contribution in [0.3, 0.4) is 0 Å². The van der Waals surface area contributed by atoms with Gasteiger partial charge in [0.1, 0.15) is 5.82 Å². The normalized spacial score (nSPS) is 18.0. The zero-order chi connectivity index (χ0) is 25.0. The van der Waals surface area contributed by atoms with E-state index in [1.807, 2.05) is 12.3 Å². The number of aryl methyl sites for hydroxylation is 1. The van der Waals surface area contributed by atoms with Crippen molar-refractivity contribution in [2.24, 2.45) is 5.73 Å². The third-order valence-electron chi connectivity index (χ3n) is 7.72. The van der Waals surface area contributed by atoms with Crippen LogP contribution in [0, 0.1) is 0 Å². The molecule has 2 aliphatic rings. The molecular weight excluding hydrogens is 462 g/mol. The number of pyridine rings is 2. The number of hydrogen-bond acceptors (Lipinski definition) is 6. The highest BCUT2D eigenvalue weighted by Crippen LogP contribution is 2.51. The lowest BCUT2D eigenvalue weighted by atomic mass is 9.68. The molecular formula is C30H29N5O2. The molecule has 2 fully saturated rings. The summed E-state index contributed by atoms with van der Waals surface area (Å²) >= 11 is 0. The van der Waals surface area contributed by atoms with Gasteiger partial charge in [-0.1, -0.05) is 61.5 Å². The lowest BCUT2D eigenvalue weighted by Gasteiger charge is -2.50. The van der Waals surface area contributed by atoms with Crippen molar-refractivity contribution < 1.29 is 9.47 Å². The Hall–Kier alpha value is -3.65. The summed E-state index contributed by atoms with van der Waals surface area (Å²) in [5, 5.41) is 9.97. The van der Waals surface area contributed by atoms with Crippen LogP contribution in [0.4, 0.5) is 0 Å². The number of rotatable bonds is 5. The number of benzene rings is 2. The maximum absolute atomic E-state index is 6.75. The molecule has 7 heteroatoms.